The molecule has 1 atom stereocenters. The molecule has 0 saturated carbocycles. The number of nitrogen functional groups attached to an aromatic ring is 1. The summed E-state index contributed by atoms with van der Waals surface area (Å²) in [5.41, 5.74) is 5.55. The van der Waals surface area contributed by atoms with Crippen LogP contribution in [0.3, 0.4) is 0 Å². The Balaban J connectivity index is 2.90. The number of rotatable bonds is 3. The van der Waals surface area contributed by atoms with Gasteiger partial charge >= 0.3 is 5.97 Å². The number of hydrogen-bond donors (Lipinski definition) is 1. The summed E-state index contributed by atoms with van der Waals surface area (Å²) >= 11 is 0. The fraction of sp³-hybridized carbons (Fsp3) is 0.500. The average Bonchev–Trinajstić information content (AvgIpc) is 2.53. The van der Waals surface area contributed by atoms with Gasteiger partial charge in [0.2, 0.25) is 5.95 Å². The summed E-state index contributed by atoms with van der Waals surface area (Å²) < 4.78 is 6.24. The van der Waals surface area contributed by atoms with Crippen LogP contribution in [0.2, 0.25) is 0 Å². The van der Waals surface area contributed by atoms with Crippen LogP contribution in [0.1, 0.15) is 19.4 Å². The number of nitrogens with two attached hydrogens (primary N) is 1. The third kappa shape index (κ3) is 1.80. The molecule has 1 aromatic heterocycles. The molecule has 0 radical (unpaired) electrons. The van der Waals surface area contributed by atoms with E-state index in [-0.39, 0.29) is 12.0 Å². The zero-order chi connectivity index (χ0) is 9.84. The Labute approximate surface area is 76.5 Å². The highest BCUT2D eigenvalue weighted by atomic mass is 16.5. The lowest BCUT2D eigenvalue weighted by atomic mass is 10.2. The Morgan fingerprint density at radius 1 is 1.85 bits per heavy atom. The molecule has 5 nitrogen and oxygen atoms in total. The molecule has 0 bridgehead atoms. The highest BCUT2D eigenvalue weighted by molar-refractivity contribution is 5.74. The zero-order valence-electron chi connectivity index (χ0n) is 7.73. The monoisotopic (exact) mass is 183 g/mol. The Kier molecular flexibility index (Phi) is 2.89. The number of carbonyl (C=O) groups is 1. The van der Waals surface area contributed by atoms with Gasteiger partial charge in [0.15, 0.2) is 0 Å². The number of ether oxygens (including phenoxy) is 1. The van der Waals surface area contributed by atoms with Gasteiger partial charge in [0.25, 0.3) is 0 Å². The first-order valence-electron chi connectivity index (χ1n) is 4.06. The maximum atomic E-state index is 11.3. The van der Waals surface area contributed by atoms with Gasteiger partial charge < -0.3 is 15.0 Å². The van der Waals surface area contributed by atoms with Crippen molar-refractivity contribution in [2.45, 2.75) is 19.4 Å². The highest BCUT2D eigenvalue weighted by Crippen LogP contribution is 2.16. The number of imidazole rings is 1. The van der Waals surface area contributed by atoms with Crippen molar-refractivity contribution in [3.8, 4) is 0 Å². The van der Waals surface area contributed by atoms with Crippen molar-refractivity contribution >= 4 is 11.9 Å². The lowest BCUT2D eigenvalue weighted by molar-refractivity contribution is -0.144. The normalized spacial score (nSPS) is 12.5. The first-order chi connectivity index (χ1) is 6.20. The summed E-state index contributed by atoms with van der Waals surface area (Å²) in [7, 11) is 1.36. The minimum atomic E-state index is -0.368. The van der Waals surface area contributed by atoms with E-state index in [2.05, 4.69) is 9.72 Å². The standard InChI is InChI=1S/C8H13N3O2/c1-3-6(7(12)13-2)11-5-4-10-8(11)9/h4-6H,3H2,1-2H3,(H2,9,10). The van der Waals surface area contributed by atoms with E-state index in [9.17, 15) is 4.79 Å². The summed E-state index contributed by atoms with van der Waals surface area (Å²) in [4.78, 5) is 15.1. The van der Waals surface area contributed by atoms with E-state index < -0.39 is 0 Å². The molecule has 0 saturated heterocycles. The van der Waals surface area contributed by atoms with Gasteiger partial charge in [-0.3, -0.25) is 0 Å². The SMILES string of the molecule is CCC(C(=O)OC)n1ccnc1N. The second kappa shape index (κ2) is 3.93. The van der Waals surface area contributed by atoms with Crippen LogP contribution < -0.4 is 5.73 Å². The van der Waals surface area contributed by atoms with Gasteiger partial charge in [-0.05, 0) is 6.42 Å². The van der Waals surface area contributed by atoms with Crippen molar-refractivity contribution in [2.24, 2.45) is 0 Å². The molecule has 1 unspecified atom stereocenters. The quantitative estimate of drug-likeness (QED) is 0.696. The summed E-state index contributed by atoms with van der Waals surface area (Å²) in [6.07, 6.45) is 3.86. The number of nitrogens with zero attached hydrogens (tertiary/aromatic N) is 2. The molecule has 0 spiro atoms. The molecule has 0 aliphatic carbocycles. The topological polar surface area (TPSA) is 70.1 Å². The largest absolute Gasteiger partial charge is 0.467 e. The van der Waals surface area contributed by atoms with Gasteiger partial charge in [0.1, 0.15) is 6.04 Å². The lowest BCUT2D eigenvalue weighted by Gasteiger charge is -2.14. The maximum absolute atomic E-state index is 11.3. The van der Waals surface area contributed by atoms with Crippen LogP contribution in [0.15, 0.2) is 12.4 Å². The first-order valence-corrected chi connectivity index (χ1v) is 4.06. The number of aromatic nitrogens is 2. The van der Waals surface area contributed by atoms with Crippen LogP contribution in [0.5, 0.6) is 0 Å². The molecule has 0 fully saturated rings. The van der Waals surface area contributed by atoms with Crippen LogP contribution in [0.4, 0.5) is 5.95 Å². The maximum Gasteiger partial charge on any atom is 0.328 e. The summed E-state index contributed by atoms with van der Waals surface area (Å²) in [6, 6.07) is -0.368. The fourth-order valence-corrected chi connectivity index (χ4v) is 1.20. The Bertz CT molecular complexity index is 295. The Hall–Kier alpha value is -1.52. The van der Waals surface area contributed by atoms with Gasteiger partial charge in [0, 0.05) is 12.4 Å². The van der Waals surface area contributed by atoms with Crippen LogP contribution in [-0.4, -0.2) is 22.6 Å². The second-order valence-electron chi connectivity index (χ2n) is 2.64. The third-order valence-corrected chi connectivity index (χ3v) is 1.89. The number of carbonyl (C=O) groups excluding carboxylic acids is 1. The van der Waals surface area contributed by atoms with Crippen LogP contribution in [-0.2, 0) is 9.53 Å². The average molecular weight is 183 g/mol. The molecule has 2 N–H and O–H groups in total. The van der Waals surface area contributed by atoms with Gasteiger partial charge in [-0.15, -0.1) is 0 Å². The minimum Gasteiger partial charge on any atom is -0.467 e. The number of anilines is 1. The van der Waals surface area contributed by atoms with Crippen molar-refractivity contribution in [3.63, 3.8) is 0 Å². The van der Waals surface area contributed by atoms with Crippen molar-refractivity contribution in [2.75, 3.05) is 12.8 Å². The minimum absolute atomic E-state index is 0.299. The van der Waals surface area contributed by atoms with Gasteiger partial charge in [-0.25, -0.2) is 9.78 Å². The summed E-state index contributed by atoms with van der Waals surface area (Å²) in [5, 5.41) is 0. The molecule has 1 rings (SSSR count). The van der Waals surface area contributed by atoms with Crippen LogP contribution in [0, 0.1) is 0 Å². The fourth-order valence-electron chi connectivity index (χ4n) is 1.20. The first kappa shape index (κ1) is 9.57. The predicted octanol–water partition coefficient (Wildman–Crippen LogP) is 0.589. The van der Waals surface area contributed by atoms with Gasteiger partial charge in [-0.1, -0.05) is 6.92 Å². The molecule has 0 aromatic carbocycles. The summed E-state index contributed by atoms with van der Waals surface area (Å²) in [6.45, 7) is 1.89. The Morgan fingerprint density at radius 2 is 2.54 bits per heavy atom. The smallest absolute Gasteiger partial charge is 0.328 e. The van der Waals surface area contributed by atoms with Crippen LogP contribution >= 0.6 is 0 Å². The van der Waals surface area contributed by atoms with E-state index in [1.54, 1.807) is 17.0 Å². The van der Waals surface area contributed by atoms with Crippen molar-refractivity contribution in [1.82, 2.24) is 9.55 Å². The van der Waals surface area contributed by atoms with Gasteiger partial charge in [0.05, 0.1) is 7.11 Å². The molecular weight excluding hydrogens is 170 g/mol. The zero-order valence-corrected chi connectivity index (χ0v) is 7.73. The van der Waals surface area contributed by atoms with E-state index in [1.165, 1.54) is 7.11 Å². The third-order valence-electron chi connectivity index (χ3n) is 1.89. The van der Waals surface area contributed by atoms with E-state index in [0.29, 0.717) is 12.4 Å². The molecule has 0 aliphatic rings. The van der Waals surface area contributed by atoms with Gasteiger partial charge in [-0.2, -0.15) is 0 Å². The predicted molar refractivity (Wildman–Crippen MR) is 48.0 cm³/mol. The lowest BCUT2D eigenvalue weighted by Crippen LogP contribution is -2.21. The second-order valence-corrected chi connectivity index (χ2v) is 2.64. The van der Waals surface area contributed by atoms with Crippen LogP contribution in [0.25, 0.3) is 0 Å². The van der Waals surface area contributed by atoms with Crippen molar-refractivity contribution in [3.05, 3.63) is 12.4 Å². The number of hydrogen-bond acceptors (Lipinski definition) is 4. The van der Waals surface area contributed by atoms with E-state index >= 15 is 0 Å². The molecule has 1 aromatic rings. The molecular formula is C8H13N3O2. The highest BCUT2D eigenvalue weighted by Gasteiger charge is 2.20. The number of methoxy groups -OCH3 is 1. The van der Waals surface area contributed by atoms with E-state index in [0.717, 1.165) is 0 Å². The summed E-state index contributed by atoms with van der Waals surface area (Å²) in [5.74, 6) is 0.0319. The molecule has 13 heavy (non-hydrogen) atoms. The van der Waals surface area contributed by atoms with Crippen molar-refractivity contribution in [1.29, 1.82) is 0 Å². The van der Waals surface area contributed by atoms with E-state index in [4.69, 9.17) is 5.73 Å². The molecule has 0 amide bonds. The van der Waals surface area contributed by atoms with E-state index in [1.807, 2.05) is 6.92 Å². The molecule has 1 heterocycles. The molecule has 5 heteroatoms. The van der Waals surface area contributed by atoms with Crippen molar-refractivity contribution < 1.29 is 9.53 Å². The number of esters is 1. The molecule has 72 valence electrons. The molecule has 0 aliphatic heterocycles. The Morgan fingerprint density at radius 3 is 2.92 bits per heavy atom.